The summed E-state index contributed by atoms with van der Waals surface area (Å²) in [6.07, 6.45) is -2.92. The summed E-state index contributed by atoms with van der Waals surface area (Å²) in [5, 5.41) is 2.60. The van der Waals surface area contributed by atoms with Crippen molar-refractivity contribution in [3.05, 3.63) is 24.0 Å². The van der Waals surface area contributed by atoms with E-state index in [9.17, 15) is 13.6 Å². The molecule has 0 saturated carbocycles. The Morgan fingerprint density at radius 3 is 2.06 bits per heavy atom. The van der Waals surface area contributed by atoms with Crippen LogP contribution in [0.4, 0.5) is 26.4 Å². The Labute approximate surface area is 204 Å². The number of alkyl halides is 3. The normalized spacial score (nSPS) is 16.8. The molecule has 14 heteroatoms. The third-order valence-corrected chi connectivity index (χ3v) is 5.93. The molecular formula is C21H23ClF2N8O3. The maximum absolute atomic E-state index is 14.2. The lowest BCUT2D eigenvalue weighted by Gasteiger charge is -2.30. The molecule has 2 aliphatic heterocycles. The van der Waals surface area contributed by atoms with Crippen LogP contribution in [-0.4, -0.2) is 88.9 Å². The molecule has 5 rings (SSSR count). The van der Waals surface area contributed by atoms with Crippen molar-refractivity contribution in [2.45, 2.75) is 6.43 Å². The van der Waals surface area contributed by atoms with Gasteiger partial charge >= 0.3 is 0 Å². The minimum Gasteiger partial charge on any atom is -0.378 e. The van der Waals surface area contributed by atoms with Gasteiger partial charge in [0.2, 0.25) is 23.8 Å². The van der Waals surface area contributed by atoms with Crippen LogP contribution >= 0.6 is 11.6 Å². The maximum atomic E-state index is 14.2. The van der Waals surface area contributed by atoms with E-state index < -0.39 is 18.2 Å². The highest BCUT2D eigenvalue weighted by atomic mass is 35.5. The number of imidazole rings is 1. The molecule has 2 aliphatic rings. The fourth-order valence-corrected chi connectivity index (χ4v) is 4.08. The number of morpholine rings is 2. The monoisotopic (exact) mass is 508 g/mol. The van der Waals surface area contributed by atoms with Crippen LogP contribution in [0.25, 0.3) is 17.0 Å². The van der Waals surface area contributed by atoms with Crippen LogP contribution in [0.3, 0.4) is 0 Å². The van der Waals surface area contributed by atoms with Crippen LogP contribution in [0.5, 0.6) is 0 Å². The molecule has 4 heterocycles. The number of carbonyl (C=O) groups excluding carboxylic acids is 1. The van der Waals surface area contributed by atoms with Crippen LogP contribution in [0.2, 0.25) is 0 Å². The Morgan fingerprint density at radius 1 is 0.943 bits per heavy atom. The van der Waals surface area contributed by atoms with Crippen molar-refractivity contribution in [3.8, 4) is 5.95 Å². The topological polar surface area (TPSA) is 111 Å². The van der Waals surface area contributed by atoms with Gasteiger partial charge in [-0.25, -0.2) is 13.8 Å². The number of hydrogen-bond donors (Lipinski definition) is 1. The number of amides is 1. The molecule has 1 N–H and O–H groups in total. The predicted octanol–water partition coefficient (Wildman–Crippen LogP) is 2.00. The first-order valence-corrected chi connectivity index (χ1v) is 11.7. The lowest BCUT2D eigenvalue weighted by Crippen LogP contribution is -2.40. The van der Waals surface area contributed by atoms with Crippen molar-refractivity contribution in [3.63, 3.8) is 0 Å². The number of fused-ring (bicyclic) bond motifs is 1. The van der Waals surface area contributed by atoms with Crippen LogP contribution in [-0.2, 0) is 14.3 Å². The molecule has 2 fully saturated rings. The summed E-state index contributed by atoms with van der Waals surface area (Å²) in [7, 11) is 0. The number of aromatic nitrogens is 5. The third kappa shape index (κ3) is 4.83. The van der Waals surface area contributed by atoms with E-state index in [0.29, 0.717) is 70.0 Å². The molecular weight excluding hydrogens is 486 g/mol. The highest BCUT2D eigenvalue weighted by Crippen LogP contribution is 2.31. The molecule has 1 amide bonds. The third-order valence-electron chi connectivity index (χ3n) is 5.69. The lowest BCUT2D eigenvalue weighted by molar-refractivity contribution is -0.113. The molecule has 186 valence electrons. The first kappa shape index (κ1) is 23.6. The van der Waals surface area contributed by atoms with Gasteiger partial charge in [0.05, 0.1) is 37.6 Å². The van der Waals surface area contributed by atoms with E-state index in [1.54, 1.807) is 18.2 Å². The first-order chi connectivity index (χ1) is 17.0. The second-order valence-electron chi connectivity index (χ2n) is 7.90. The summed E-state index contributed by atoms with van der Waals surface area (Å²) in [6, 6.07) is 4.83. The number of nitrogens with one attached hydrogen (secondary N) is 1. The Bertz CT molecular complexity index is 1180. The number of anilines is 3. The number of ether oxygens (including phenoxy) is 2. The first-order valence-electron chi connectivity index (χ1n) is 11.1. The molecule has 0 unspecified atom stereocenters. The van der Waals surface area contributed by atoms with Gasteiger partial charge < -0.3 is 24.6 Å². The average Bonchev–Trinajstić information content (AvgIpc) is 3.30. The van der Waals surface area contributed by atoms with Crippen LogP contribution in [0.1, 0.15) is 12.2 Å². The minimum absolute atomic E-state index is 0.0154. The minimum atomic E-state index is -2.92. The van der Waals surface area contributed by atoms with E-state index in [0.717, 1.165) is 0 Å². The number of halogens is 3. The van der Waals surface area contributed by atoms with E-state index in [1.807, 2.05) is 9.80 Å². The van der Waals surface area contributed by atoms with Gasteiger partial charge in [-0.2, -0.15) is 15.0 Å². The van der Waals surface area contributed by atoms with Crippen molar-refractivity contribution in [2.75, 3.05) is 73.6 Å². The quantitative estimate of drug-likeness (QED) is 0.500. The van der Waals surface area contributed by atoms with Gasteiger partial charge in [-0.1, -0.05) is 6.07 Å². The molecule has 0 spiro atoms. The molecule has 0 bridgehead atoms. The molecule has 2 aromatic heterocycles. The van der Waals surface area contributed by atoms with Crippen LogP contribution in [0.15, 0.2) is 18.2 Å². The van der Waals surface area contributed by atoms with Crippen LogP contribution in [0, 0.1) is 0 Å². The van der Waals surface area contributed by atoms with Gasteiger partial charge in [0, 0.05) is 26.2 Å². The standard InChI is InChI=1S/C21H23ClF2N8O3/c22-12-15(33)25-13-2-1-3-14-16(13)26-18(17(23)24)32(14)21-28-19(30-4-8-34-9-5-30)27-20(29-21)31-6-10-35-11-7-31/h1-3,17H,4-12H2,(H,25,33). The fraction of sp³-hybridized carbons (Fsp3) is 0.476. The molecule has 0 radical (unpaired) electrons. The Hall–Kier alpha value is -3.16. The van der Waals surface area contributed by atoms with Gasteiger partial charge in [0.15, 0.2) is 5.82 Å². The van der Waals surface area contributed by atoms with E-state index in [-0.39, 0.29) is 23.0 Å². The highest BCUT2D eigenvalue weighted by molar-refractivity contribution is 6.29. The fourth-order valence-electron chi connectivity index (χ4n) is 4.01. The zero-order valence-electron chi connectivity index (χ0n) is 18.7. The summed E-state index contributed by atoms with van der Waals surface area (Å²) in [5.74, 6) is -0.544. The van der Waals surface area contributed by atoms with E-state index in [1.165, 1.54) is 4.57 Å². The largest absolute Gasteiger partial charge is 0.378 e. The summed E-state index contributed by atoms with van der Waals surface area (Å²) >= 11 is 5.61. The number of hydrogen-bond acceptors (Lipinski definition) is 9. The van der Waals surface area contributed by atoms with Crippen LogP contribution < -0.4 is 15.1 Å². The van der Waals surface area contributed by atoms with E-state index >= 15 is 0 Å². The predicted molar refractivity (Wildman–Crippen MR) is 125 cm³/mol. The summed E-state index contributed by atoms with van der Waals surface area (Å²) in [6.45, 7) is 4.28. The summed E-state index contributed by atoms with van der Waals surface area (Å²) < 4.78 is 40.5. The zero-order chi connectivity index (χ0) is 24.4. The molecule has 35 heavy (non-hydrogen) atoms. The van der Waals surface area contributed by atoms with Gasteiger partial charge in [-0.3, -0.25) is 9.36 Å². The molecule has 0 aliphatic carbocycles. The maximum Gasteiger partial charge on any atom is 0.296 e. The smallest absolute Gasteiger partial charge is 0.296 e. The Kier molecular flexibility index (Phi) is 6.88. The summed E-state index contributed by atoms with van der Waals surface area (Å²) in [4.78, 5) is 33.7. The lowest BCUT2D eigenvalue weighted by atomic mass is 10.2. The summed E-state index contributed by atoms with van der Waals surface area (Å²) in [5.41, 5.74) is 0.770. The Balaban J connectivity index is 1.67. The van der Waals surface area contributed by atoms with Gasteiger partial charge in [-0.05, 0) is 12.1 Å². The van der Waals surface area contributed by atoms with Crippen molar-refractivity contribution < 1.29 is 23.0 Å². The SMILES string of the molecule is O=C(CCl)Nc1cccc2c1nc(C(F)F)n2-c1nc(N2CCOCC2)nc(N2CCOCC2)n1. The van der Waals surface area contributed by atoms with E-state index in [2.05, 4.69) is 25.3 Å². The van der Waals surface area contributed by atoms with Crippen molar-refractivity contribution >= 4 is 46.1 Å². The average molecular weight is 509 g/mol. The number of carbonyl (C=O) groups is 1. The number of para-hydroxylation sites is 1. The van der Waals surface area contributed by atoms with E-state index in [4.69, 9.17) is 21.1 Å². The Morgan fingerprint density at radius 2 is 1.51 bits per heavy atom. The van der Waals surface area contributed by atoms with Gasteiger partial charge in [-0.15, -0.1) is 11.6 Å². The number of benzene rings is 1. The molecule has 11 nitrogen and oxygen atoms in total. The van der Waals surface area contributed by atoms with Gasteiger partial charge in [0.25, 0.3) is 6.43 Å². The number of rotatable bonds is 6. The zero-order valence-corrected chi connectivity index (χ0v) is 19.4. The molecule has 1 aromatic carbocycles. The van der Waals surface area contributed by atoms with Crippen molar-refractivity contribution in [1.82, 2.24) is 24.5 Å². The highest BCUT2D eigenvalue weighted by Gasteiger charge is 2.27. The molecule has 3 aromatic rings. The second-order valence-corrected chi connectivity index (χ2v) is 8.16. The van der Waals surface area contributed by atoms with Crippen molar-refractivity contribution in [2.24, 2.45) is 0 Å². The van der Waals surface area contributed by atoms with Gasteiger partial charge in [0.1, 0.15) is 11.4 Å². The molecule has 0 atom stereocenters. The van der Waals surface area contributed by atoms with Crippen molar-refractivity contribution in [1.29, 1.82) is 0 Å². The molecule has 2 saturated heterocycles. The second kappa shape index (κ2) is 10.2. The number of nitrogens with zero attached hydrogens (tertiary/aromatic N) is 7.